The summed E-state index contributed by atoms with van der Waals surface area (Å²) in [4.78, 5) is 18.2. The number of amides is 1. The maximum atomic E-state index is 13.5. The number of nitrogens with zero attached hydrogens (tertiary/aromatic N) is 3. The van der Waals surface area contributed by atoms with Gasteiger partial charge >= 0.3 is 0 Å². The van der Waals surface area contributed by atoms with E-state index >= 15 is 0 Å². The zero-order chi connectivity index (χ0) is 24.1. The van der Waals surface area contributed by atoms with E-state index in [2.05, 4.69) is 15.1 Å². The minimum absolute atomic E-state index is 0.0423. The third kappa shape index (κ3) is 5.16. The highest BCUT2D eigenvalue weighted by molar-refractivity contribution is 7.89. The summed E-state index contributed by atoms with van der Waals surface area (Å²) in [5.41, 5.74) is 1.21. The third-order valence-electron chi connectivity index (χ3n) is 6.91. The van der Waals surface area contributed by atoms with Gasteiger partial charge in [0.05, 0.1) is 22.8 Å². The van der Waals surface area contributed by atoms with E-state index in [0.29, 0.717) is 25.2 Å². The predicted octanol–water partition coefficient (Wildman–Crippen LogP) is 3.48. The van der Waals surface area contributed by atoms with Crippen LogP contribution in [0.15, 0.2) is 45.9 Å². The summed E-state index contributed by atoms with van der Waals surface area (Å²) in [7, 11) is -3.67. The lowest BCUT2D eigenvalue weighted by atomic mass is 10.1. The Bertz CT molecular complexity index is 1050. The molecular formula is C25H36N4O4S. The van der Waals surface area contributed by atoms with Gasteiger partial charge < -0.3 is 14.6 Å². The smallest absolute Gasteiger partial charge is 0.253 e. The fourth-order valence-electron chi connectivity index (χ4n) is 5.03. The molecule has 1 unspecified atom stereocenters. The molecule has 1 N–H and O–H groups in total. The van der Waals surface area contributed by atoms with Gasteiger partial charge in [-0.15, -0.1) is 0 Å². The lowest BCUT2D eigenvalue weighted by Gasteiger charge is -2.27. The van der Waals surface area contributed by atoms with E-state index in [9.17, 15) is 13.2 Å². The summed E-state index contributed by atoms with van der Waals surface area (Å²) < 4.78 is 33.4. The molecule has 34 heavy (non-hydrogen) atoms. The van der Waals surface area contributed by atoms with Crippen molar-refractivity contribution in [3.05, 3.63) is 47.9 Å². The molecular weight excluding hydrogens is 452 g/mol. The molecule has 0 bridgehead atoms. The normalized spacial score (nSPS) is 18.0. The van der Waals surface area contributed by atoms with Gasteiger partial charge in [-0.1, -0.05) is 13.8 Å². The first-order chi connectivity index (χ1) is 16.5. The Kier molecular flexibility index (Phi) is 7.95. The number of sulfonamides is 1. The summed E-state index contributed by atoms with van der Waals surface area (Å²) in [6.45, 7) is 8.48. The van der Waals surface area contributed by atoms with Gasteiger partial charge in [-0.2, -0.15) is 4.31 Å². The van der Waals surface area contributed by atoms with Crippen LogP contribution in [-0.2, 0) is 10.0 Å². The number of furan rings is 1. The number of carbonyl (C=O) groups excluding carboxylic acids is 1. The molecule has 0 spiro atoms. The summed E-state index contributed by atoms with van der Waals surface area (Å²) in [5.74, 6) is 0.578. The Morgan fingerprint density at radius 2 is 1.74 bits per heavy atom. The van der Waals surface area contributed by atoms with Crippen molar-refractivity contribution in [3.63, 3.8) is 0 Å². The van der Waals surface area contributed by atoms with Gasteiger partial charge in [0.2, 0.25) is 10.0 Å². The first-order valence-electron chi connectivity index (χ1n) is 12.4. The van der Waals surface area contributed by atoms with Crippen LogP contribution >= 0.6 is 0 Å². The molecule has 2 fully saturated rings. The first kappa shape index (κ1) is 24.8. The maximum Gasteiger partial charge on any atom is 0.253 e. The number of hydrogen-bond donors (Lipinski definition) is 1. The second-order valence-corrected chi connectivity index (χ2v) is 10.9. The molecule has 4 rings (SSSR count). The highest BCUT2D eigenvalue weighted by Gasteiger charge is 2.29. The average Bonchev–Trinajstić information content (AvgIpc) is 3.63. The number of nitrogens with one attached hydrogen (secondary N) is 1. The van der Waals surface area contributed by atoms with Crippen LogP contribution in [0.1, 0.15) is 61.7 Å². The van der Waals surface area contributed by atoms with E-state index in [1.807, 2.05) is 26.0 Å². The summed E-state index contributed by atoms with van der Waals surface area (Å²) in [5, 5.41) is 3.09. The van der Waals surface area contributed by atoms with Crippen molar-refractivity contribution >= 4 is 21.6 Å². The van der Waals surface area contributed by atoms with Crippen LogP contribution in [0.2, 0.25) is 0 Å². The second kappa shape index (κ2) is 10.9. The maximum absolute atomic E-state index is 13.5. The molecule has 1 aromatic heterocycles. The Labute approximate surface area is 202 Å². The Balaban J connectivity index is 1.61. The summed E-state index contributed by atoms with van der Waals surface area (Å²) >= 11 is 0. The van der Waals surface area contributed by atoms with E-state index in [-0.39, 0.29) is 16.8 Å². The molecule has 186 valence electrons. The number of carbonyl (C=O) groups is 1. The monoisotopic (exact) mass is 488 g/mol. The first-order valence-corrected chi connectivity index (χ1v) is 13.8. The van der Waals surface area contributed by atoms with Gasteiger partial charge in [0.25, 0.3) is 5.91 Å². The van der Waals surface area contributed by atoms with E-state index < -0.39 is 10.0 Å². The zero-order valence-corrected chi connectivity index (χ0v) is 21.0. The molecule has 0 radical (unpaired) electrons. The Hall–Kier alpha value is -2.36. The van der Waals surface area contributed by atoms with E-state index in [1.54, 1.807) is 24.5 Å². The number of anilines is 1. The Morgan fingerprint density at radius 1 is 1.06 bits per heavy atom. The van der Waals surface area contributed by atoms with Crippen LogP contribution in [0.4, 0.5) is 5.69 Å². The Morgan fingerprint density at radius 3 is 2.35 bits per heavy atom. The van der Waals surface area contributed by atoms with Crippen LogP contribution in [-0.4, -0.2) is 69.3 Å². The molecule has 1 atom stereocenters. The number of rotatable bonds is 10. The molecule has 0 aliphatic carbocycles. The quantitative estimate of drug-likeness (QED) is 0.551. The van der Waals surface area contributed by atoms with Crippen LogP contribution in [0.3, 0.4) is 0 Å². The predicted molar refractivity (Wildman–Crippen MR) is 133 cm³/mol. The fraction of sp³-hybridized carbons (Fsp3) is 0.560. The SMILES string of the molecule is CCN(CC)S(=O)(=O)c1ccc(N2CCCC2)c(C(=O)NCC(c2ccco2)N2CCCC2)c1. The van der Waals surface area contributed by atoms with Crippen LogP contribution < -0.4 is 10.2 Å². The lowest BCUT2D eigenvalue weighted by molar-refractivity contribution is 0.0934. The molecule has 2 saturated heterocycles. The minimum atomic E-state index is -3.67. The van der Waals surface area contributed by atoms with Gasteiger partial charge in [-0.05, 0) is 69.1 Å². The third-order valence-corrected chi connectivity index (χ3v) is 8.96. The van der Waals surface area contributed by atoms with Crippen LogP contribution in [0, 0.1) is 0 Å². The van der Waals surface area contributed by atoms with Crippen molar-refractivity contribution in [2.24, 2.45) is 0 Å². The molecule has 1 amide bonds. The molecule has 3 heterocycles. The van der Waals surface area contributed by atoms with Crippen LogP contribution in [0.25, 0.3) is 0 Å². The van der Waals surface area contributed by atoms with Crippen molar-refractivity contribution in [1.82, 2.24) is 14.5 Å². The largest absolute Gasteiger partial charge is 0.468 e. The van der Waals surface area contributed by atoms with Gasteiger partial charge in [-0.25, -0.2) is 8.42 Å². The summed E-state index contributed by atoms with van der Waals surface area (Å²) in [6.07, 6.45) is 6.06. The van der Waals surface area contributed by atoms with E-state index in [4.69, 9.17) is 4.42 Å². The molecule has 9 heteroatoms. The number of likely N-dealkylation sites (tertiary alicyclic amines) is 1. The minimum Gasteiger partial charge on any atom is -0.468 e. The number of benzene rings is 1. The topological polar surface area (TPSA) is 86.1 Å². The van der Waals surface area contributed by atoms with Gasteiger partial charge in [-0.3, -0.25) is 9.69 Å². The molecule has 2 aliphatic heterocycles. The van der Waals surface area contributed by atoms with Crippen molar-refractivity contribution in [2.75, 3.05) is 50.7 Å². The fourth-order valence-corrected chi connectivity index (χ4v) is 6.52. The van der Waals surface area contributed by atoms with Crippen LogP contribution in [0.5, 0.6) is 0 Å². The van der Waals surface area contributed by atoms with Crippen molar-refractivity contribution in [1.29, 1.82) is 0 Å². The van der Waals surface area contributed by atoms with Crippen molar-refractivity contribution in [2.45, 2.75) is 50.5 Å². The van der Waals surface area contributed by atoms with Crippen molar-refractivity contribution < 1.29 is 17.6 Å². The standard InChI is InChI=1S/C25H36N4O4S/c1-3-29(4-2)34(31,32)20-11-12-22(27-13-5-6-14-27)21(18-20)25(30)26-19-23(24-10-9-17-33-24)28-15-7-8-16-28/h9-12,17-18,23H,3-8,13-16,19H2,1-2H3,(H,26,30). The van der Waals surface area contributed by atoms with Crippen molar-refractivity contribution in [3.8, 4) is 0 Å². The molecule has 8 nitrogen and oxygen atoms in total. The molecule has 1 aromatic carbocycles. The number of hydrogen-bond acceptors (Lipinski definition) is 6. The highest BCUT2D eigenvalue weighted by atomic mass is 32.2. The highest BCUT2D eigenvalue weighted by Crippen LogP contribution is 2.29. The van der Waals surface area contributed by atoms with Gasteiger partial charge in [0, 0.05) is 38.4 Å². The molecule has 2 aromatic rings. The summed E-state index contributed by atoms with van der Waals surface area (Å²) in [6, 6.07) is 8.75. The van der Waals surface area contributed by atoms with Gasteiger partial charge in [0.1, 0.15) is 5.76 Å². The molecule has 2 aliphatic rings. The van der Waals surface area contributed by atoms with E-state index in [0.717, 1.165) is 63.3 Å². The zero-order valence-electron chi connectivity index (χ0n) is 20.2. The average molecular weight is 489 g/mol. The lowest BCUT2D eigenvalue weighted by Crippen LogP contribution is -2.37. The molecule has 0 saturated carbocycles. The van der Waals surface area contributed by atoms with E-state index in [1.165, 1.54) is 4.31 Å². The second-order valence-electron chi connectivity index (χ2n) is 8.95. The van der Waals surface area contributed by atoms with Gasteiger partial charge in [0.15, 0.2) is 0 Å².